The van der Waals surface area contributed by atoms with E-state index < -0.39 is 30.2 Å². The Kier molecular flexibility index (Phi) is 5.59. The van der Waals surface area contributed by atoms with E-state index in [9.17, 15) is 22.8 Å². The first-order valence-electron chi connectivity index (χ1n) is 9.48. The Bertz CT molecular complexity index is 1040. The smallest absolute Gasteiger partial charge is 0.471 e. The van der Waals surface area contributed by atoms with Gasteiger partial charge in [0.2, 0.25) is 0 Å². The molecule has 164 valence electrons. The Morgan fingerprint density at radius 2 is 1.94 bits per heavy atom. The Morgan fingerprint density at radius 1 is 1.16 bits per heavy atom. The number of anilines is 1. The van der Waals surface area contributed by atoms with E-state index >= 15 is 0 Å². The Labute approximate surface area is 184 Å². The van der Waals surface area contributed by atoms with Crippen LogP contribution in [0.15, 0.2) is 40.9 Å². The molecule has 0 radical (unpaired) electrons. The quantitative estimate of drug-likeness (QED) is 0.561. The molecule has 0 fully saturated rings. The summed E-state index contributed by atoms with van der Waals surface area (Å²) in [5.74, 6) is -1.76. The van der Waals surface area contributed by atoms with Gasteiger partial charge in [-0.05, 0) is 34.1 Å². The average molecular weight is 500 g/mol. The number of nitrogens with zero attached hydrogens (tertiary/aromatic N) is 1. The molecule has 0 aliphatic carbocycles. The van der Waals surface area contributed by atoms with Gasteiger partial charge in [0.1, 0.15) is 24.7 Å². The van der Waals surface area contributed by atoms with Crippen molar-refractivity contribution >= 4 is 33.5 Å². The second kappa shape index (κ2) is 8.07. The summed E-state index contributed by atoms with van der Waals surface area (Å²) in [5, 5.41) is 0. The van der Waals surface area contributed by atoms with Crippen LogP contribution in [0.25, 0.3) is 0 Å². The lowest BCUT2D eigenvalue weighted by Crippen LogP contribution is -2.44. The first kappa shape index (κ1) is 21.5. The number of esters is 1. The molecule has 31 heavy (non-hydrogen) atoms. The molecule has 0 saturated carbocycles. The summed E-state index contributed by atoms with van der Waals surface area (Å²) in [7, 11) is 0. The standard InChI is InChI=1S/C21H17BrF3NO5/c1-2-18(27)31-17-10-29-16-8-11(6-7-13(16)17)26(20(28)21(23,24)25)15-9-30-19-12(15)4-3-5-14(19)22/h3-8,15,17H,2,9-10H2,1H3/t15-,17+/m0/s1. The van der Waals surface area contributed by atoms with Gasteiger partial charge < -0.3 is 14.2 Å². The molecule has 0 saturated heterocycles. The van der Waals surface area contributed by atoms with Gasteiger partial charge in [0.05, 0.1) is 10.5 Å². The lowest BCUT2D eigenvalue weighted by atomic mass is 10.0. The number of hydrogen-bond acceptors (Lipinski definition) is 5. The van der Waals surface area contributed by atoms with Gasteiger partial charge >= 0.3 is 18.1 Å². The number of alkyl halides is 3. The highest BCUT2D eigenvalue weighted by Gasteiger charge is 2.48. The topological polar surface area (TPSA) is 65.1 Å². The van der Waals surface area contributed by atoms with Crippen molar-refractivity contribution in [2.75, 3.05) is 18.1 Å². The largest absolute Gasteiger partial charge is 0.490 e. The summed E-state index contributed by atoms with van der Waals surface area (Å²) in [5.41, 5.74) is 1.00. The molecule has 2 aliphatic rings. The zero-order chi connectivity index (χ0) is 22.3. The molecule has 0 unspecified atom stereocenters. The molecule has 2 aliphatic heterocycles. The van der Waals surface area contributed by atoms with E-state index in [0.29, 0.717) is 26.2 Å². The molecule has 6 nitrogen and oxygen atoms in total. The second-order valence-corrected chi connectivity index (χ2v) is 7.88. The maximum absolute atomic E-state index is 13.5. The molecule has 4 rings (SSSR count). The normalized spacial score (nSPS) is 19.1. The number of carbonyl (C=O) groups is 2. The molecule has 10 heteroatoms. The van der Waals surface area contributed by atoms with Crippen LogP contribution in [0.4, 0.5) is 18.9 Å². The number of para-hydroxylation sites is 1. The molecular formula is C21H17BrF3NO5. The number of rotatable bonds is 4. The first-order chi connectivity index (χ1) is 14.7. The fraction of sp³-hybridized carbons (Fsp3) is 0.333. The van der Waals surface area contributed by atoms with Crippen LogP contribution in [0.2, 0.25) is 0 Å². The molecule has 0 N–H and O–H groups in total. The van der Waals surface area contributed by atoms with Crippen molar-refractivity contribution in [2.45, 2.75) is 31.7 Å². The lowest BCUT2D eigenvalue weighted by Gasteiger charge is -2.29. The fourth-order valence-electron chi connectivity index (χ4n) is 3.64. The SMILES string of the molecule is CCC(=O)O[C@@H]1COc2cc(N(C(=O)C(F)(F)F)[C@H]3COc4c(Br)cccc43)ccc21. The molecule has 2 aromatic carbocycles. The number of carbonyl (C=O) groups excluding carboxylic acids is 2. The predicted octanol–water partition coefficient (Wildman–Crippen LogP) is 4.86. The van der Waals surface area contributed by atoms with Gasteiger partial charge in [0.25, 0.3) is 0 Å². The molecule has 1 amide bonds. The van der Waals surface area contributed by atoms with E-state index in [4.69, 9.17) is 14.2 Å². The van der Waals surface area contributed by atoms with Crippen molar-refractivity contribution < 1.29 is 37.0 Å². The minimum atomic E-state index is -5.09. The van der Waals surface area contributed by atoms with Crippen molar-refractivity contribution in [3.8, 4) is 11.5 Å². The summed E-state index contributed by atoms with van der Waals surface area (Å²) >= 11 is 3.32. The minimum Gasteiger partial charge on any atom is -0.490 e. The minimum absolute atomic E-state index is 0.00460. The summed E-state index contributed by atoms with van der Waals surface area (Å²) in [6.07, 6.45) is -5.54. The van der Waals surface area contributed by atoms with Gasteiger partial charge in [-0.25, -0.2) is 0 Å². The summed E-state index contributed by atoms with van der Waals surface area (Å²) < 4.78 is 57.4. The maximum atomic E-state index is 13.5. The summed E-state index contributed by atoms with van der Waals surface area (Å²) in [6.45, 7) is 1.58. The van der Waals surface area contributed by atoms with E-state index in [1.807, 2.05) is 0 Å². The maximum Gasteiger partial charge on any atom is 0.471 e. The average Bonchev–Trinajstić information content (AvgIpc) is 3.33. The van der Waals surface area contributed by atoms with Crippen molar-refractivity contribution in [1.82, 2.24) is 0 Å². The number of benzene rings is 2. The highest BCUT2D eigenvalue weighted by molar-refractivity contribution is 9.10. The fourth-order valence-corrected chi connectivity index (χ4v) is 4.14. The van der Waals surface area contributed by atoms with E-state index in [-0.39, 0.29) is 31.1 Å². The van der Waals surface area contributed by atoms with E-state index in [1.54, 1.807) is 25.1 Å². The zero-order valence-corrected chi connectivity index (χ0v) is 17.8. The molecule has 0 spiro atoms. The van der Waals surface area contributed by atoms with Gasteiger partial charge in [0.15, 0.2) is 6.10 Å². The molecule has 0 bridgehead atoms. The highest BCUT2D eigenvalue weighted by Crippen LogP contribution is 2.45. The predicted molar refractivity (Wildman–Crippen MR) is 107 cm³/mol. The number of ether oxygens (including phenoxy) is 3. The van der Waals surface area contributed by atoms with Gasteiger partial charge in [-0.15, -0.1) is 0 Å². The zero-order valence-electron chi connectivity index (χ0n) is 16.2. The monoisotopic (exact) mass is 499 g/mol. The van der Waals surface area contributed by atoms with Crippen molar-refractivity contribution in [1.29, 1.82) is 0 Å². The van der Waals surface area contributed by atoms with Crippen LogP contribution in [0, 0.1) is 0 Å². The van der Waals surface area contributed by atoms with Crippen LogP contribution in [-0.2, 0) is 14.3 Å². The van der Waals surface area contributed by atoms with E-state index in [0.717, 1.165) is 0 Å². The van der Waals surface area contributed by atoms with Gasteiger partial charge in [-0.3, -0.25) is 14.5 Å². The number of hydrogen-bond donors (Lipinski definition) is 0. The van der Waals surface area contributed by atoms with E-state index in [2.05, 4.69) is 15.9 Å². The lowest BCUT2D eigenvalue weighted by molar-refractivity contribution is -0.171. The second-order valence-electron chi connectivity index (χ2n) is 7.02. The third kappa shape index (κ3) is 3.96. The Balaban J connectivity index is 1.73. The third-order valence-corrected chi connectivity index (χ3v) is 5.71. The molecule has 2 atom stereocenters. The van der Waals surface area contributed by atoms with Crippen LogP contribution in [0.5, 0.6) is 11.5 Å². The first-order valence-corrected chi connectivity index (χ1v) is 10.3. The van der Waals surface area contributed by atoms with Crippen LogP contribution in [0.1, 0.15) is 36.6 Å². The molecule has 0 aromatic heterocycles. The molecular weight excluding hydrogens is 483 g/mol. The van der Waals surface area contributed by atoms with Crippen LogP contribution >= 0.6 is 15.9 Å². The van der Waals surface area contributed by atoms with Gasteiger partial charge in [0, 0.05) is 29.3 Å². The van der Waals surface area contributed by atoms with Crippen LogP contribution in [-0.4, -0.2) is 31.3 Å². The van der Waals surface area contributed by atoms with Crippen LogP contribution in [0.3, 0.4) is 0 Å². The van der Waals surface area contributed by atoms with Crippen LogP contribution < -0.4 is 14.4 Å². The van der Waals surface area contributed by atoms with Crippen molar-refractivity contribution in [3.05, 3.63) is 52.0 Å². The summed E-state index contributed by atoms with van der Waals surface area (Å²) in [4.78, 5) is 24.7. The van der Waals surface area contributed by atoms with Crippen molar-refractivity contribution in [2.24, 2.45) is 0 Å². The van der Waals surface area contributed by atoms with Gasteiger partial charge in [-0.2, -0.15) is 13.2 Å². The molecule has 2 heterocycles. The highest BCUT2D eigenvalue weighted by atomic mass is 79.9. The number of halogens is 4. The summed E-state index contributed by atoms with van der Waals surface area (Å²) in [6, 6.07) is 8.28. The van der Waals surface area contributed by atoms with Gasteiger partial charge in [-0.1, -0.05) is 19.1 Å². The third-order valence-electron chi connectivity index (χ3n) is 5.09. The Hall–Kier alpha value is -2.75. The number of fused-ring (bicyclic) bond motifs is 2. The number of amides is 1. The molecule has 2 aromatic rings. The Morgan fingerprint density at radius 3 is 2.65 bits per heavy atom. The van der Waals surface area contributed by atoms with Crippen molar-refractivity contribution in [3.63, 3.8) is 0 Å². The van der Waals surface area contributed by atoms with E-state index in [1.165, 1.54) is 18.2 Å².